The average Bonchev–Trinajstić information content (AvgIpc) is 3.32. The number of hydrogen-bond acceptors (Lipinski definition) is 6. The number of aliphatic imine (C=N–C) groups is 1. The summed E-state index contributed by atoms with van der Waals surface area (Å²) >= 11 is 12.7. The quantitative estimate of drug-likeness (QED) is 0.293. The Morgan fingerprint density at radius 2 is 1.75 bits per heavy atom. The molecule has 4 aromatic rings. The third-order valence-corrected chi connectivity index (χ3v) is 5.69. The van der Waals surface area contributed by atoms with Crippen LogP contribution >= 0.6 is 23.2 Å². The standard InChI is InChI=1S/C25H20Cl2N6O3/c1-28-21-10-9-19(27)23(30-21)15-7-8-18(26)17(13-15)24(35)31-22-14-20(25(36)29-11-12-34)32-33(22)16-5-3-2-4-6-16/h2-10,13-14,34H,1,11-12H2,(H,29,36)(H,31,35). The molecule has 0 aliphatic rings. The molecule has 9 nitrogen and oxygen atoms in total. The highest BCUT2D eigenvalue weighted by Gasteiger charge is 2.20. The van der Waals surface area contributed by atoms with Crippen molar-refractivity contribution >= 4 is 53.4 Å². The van der Waals surface area contributed by atoms with E-state index in [1.807, 2.05) is 6.07 Å². The minimum atomic E-state index is -0.532. The van der Waals surface area contributed by atoms with Crippen LogP contribution in [0.3, 0.4) is 0 Å². The van der Waals surface area contributed by atoms with Crippen LogP contribution in [0.4, 0.5) is 11.6 Å². The molecule has 0 bridgehead atoms. The van der Waals surface area contributed by atoms with Crippen LogP contribution in [0.2, 0.25) is 10.0 Å². The molecule has 2 aromatic carbocycles. The number of benzene rings is 2. The van der Waals surface area contributed by atoms with Crippen LogP contribution in [0.25, 0.3) is 16.9 Å². The molecule has 0 unspecified atom stereocenters. The molecule has 11 heteroatoms. The lowest BCUT2D eigenvalue weighted by Gasteiger charge is -2.11. The first-order valence-electron chi connectivity index (χ1n) is 10.7. The van der Waals surface area contributed by atoms with Crippen LogP contribution in [0.1, 0.15) is 20.8 Å². The number of para-hydroxylation sites is 1. The Hall–Kier alpha value is -4.05. The summed E-state index contributed by atoms with van der Waals surface area (Å²) in [5.41, 5.74) is 1.83. The highest BCUT2D eigenvalue weighted by molar-refractivity contribution is 6.35. The van der Waals surface area contributed by atoms with E-state index in [1.165, 1.54) is 10.7 Å². The van der Waals surface area contributed by atoms with Crippen LogP contribution in [0.5, 0.6) is 0 Å². The van der Waals surface area contributed by atoms with E-state index < -0.39 is 11.8 Å². The molecule has 3 N–H and O–H groups in total. The molecule has 0 saturated carbocycles. The van der Waals surface area contributed by atoms with Gasteiger partial charge in [0.15, 0.2) is 11.5 Å². The topological polar surface area (TPSA) is 122 Å². The van der Waals surface area contributed by atoms with Gasteiger partial charge in [0.25, 0.3) is 11.8 Å². The number of aromatic nitrogens is 3. The van der Waals surface area contributed by atoms with Crippen LogP contribution in [-0.2, 0) is 0 Å². The molecule has 0 fully saturated rings. The summed E-state index contributed by atoms with van der Waals surface area (Å²) in [7, 11) is 0. The van der Waals surface area contributed by atoms with Gasteiger partial charge in [-0.3, -0.25) is 9.59 Å². The van der Waals surface area contributed by atoms with E-state index in [2.05, 4.69) is 32.4 Å². The number of rotatable bonds is 8. The molecule has 0 aliphatic heterocycles. The number of carbonyl (C=O) groups is 2. The first kappa shape index (κ1) is 25.1. The van der Waals surface area contributed by atoms with Crippen molar-refractivity contribution in [3.8, 4) is 16.9 Å². The molecule has 0 atom stereocenters. The van der Waals surface area contributed by atoms with E-state index >= 15 is 0 Å². The first-order valence-corrected chi connectivity index (χ1v) is 11.5. The number of pyridine rings is 1. The summed E-state index contributed by atoms with van der Waals surface area (Å²) < 4.78 is 1.43. The van der Waals surface area contributed by atoms with Crippen molar-refractivity contribution in [2.24, 2.45) is 4.99 Å². The predicted octanol–water partition coefficient (Wildman–Crippen LogP) is 4.55. The van der Waals surface area contributed by atoms with Crippen LogP contribution in [-0.4, -0.2) is 51.6 Å². The number of amides is 2. The largest absolute Gasteiger partial charge is 0.395 e. The van der Waals surface area contributed by atoms with Gasteiger partial charge in [-0.25, -0.2) is 14.7 Å². The van der Waals surface area contributed by atoms with Crippen molar-refractivity contribution in [1.29, 1.82) is 0 Å². The Morgan fingerprint density at radius 3 is 2.47 bits per heavy atom. The third kappa shape index (κ3) is 5.44. The monoisotopic (exact) mass is 522 g/mol. The second-order valence-electron chi connectivity index (χ2n) is 7.45. The molecule has 4 rings (SSSR count). The van der Waals surface area contributed by atoms with Gasteiger partial charge in [0.1, 0.15) is 5.82 Å². The lowest BCUT2D eigenvalue weighted by atomic mass is 10.1. The van der Waals surface area contributed by atoms with Gasteiger partial charge in [-0.2, -0.15) is 5.10 Å². The van der Waals surface area contributed by atoms with E-state index in [0.717, 1.165) is 0 Å². The molecule has 2 amide bonds. The molecule has 36 heavy (non-hydrogen) atoms. The van der Waals surface area contributed by atoms with Crippen LogP contribution in [0.15, 0.2) is 71.7 Å². The van der Waals surface area contributed by atoms with E-state index in [1.54, 1.807) is 54.6 Å². The average molecular weight is 523 g/mol. The van der Waals surface area contributed by atoms with Crippen molar-refractivity contribution in [3.63, 3.8) is 0 Å². The highest BCUT2D eigenvalue weighted by Crippen LogP contribution is 2.31. The maximum atomic E-state index is 13.3. The summed E-state index contributed by atoms with van der Waals surface area (Å²) in [5.74, 6) is -0.397. The normalized spacial score (nSPS) is 10.6. The molecule has 0 spiro atoms. The molecule has 2 aromatic heterocycles. The predicted molar refractivity (Wildman–Crippen MR) is 140 cm³/mol. The molecular formula is C25H20Cl2N6O3. The number of carbonyl (C=O) groups excluding carboxylic acids is 2. The number of hydrogen-bond donors (Lipinski definition) is 3. The van der Waals surface area contributed by atoms with Gasteiger partial charge in [-0.15, -0.1) is 0 Å². The van der Waals surface area contributed by atoms with E-state index in [4.69, 9.17) is 28.3 Å². The summed E-state index contributed by atoms with van der Waals surface area (Å²) in [5, 5.41) is 19.2. The molecular weight excluding hydrogens is 503 g/mol. The van der Waals surface area contributed by atoms with Crippen molar-refractivity contribution in [3.05, 3.63) is 88.0 Å². The Labute approximate surface area is 216 Å². The second kappa shape index (κ2) is 11.1. The Balaban J connectivity index is 1.70. The zero-order valence-electron chi connectivity index (χ0n) is 18.8. The number of nitrogens with one attached hydrogen (secondary N) is 2. The third-order valence-electron chi connectivity index (χ3n) is 5.06. The maximum absolute atomic E-state index is 13.3. The van der Waals surface area contributed by atoms with Crippen molar-refractivity contribution in [2.75, 3.05) is 18.5 Å². The summed E-state index contributed by atoms with van der Waals surface area (Å²) in [6.45, 7) is 3.33. The number of aliphatic hydroxyl groups is 1. The highest BCUT2D eigenvalue weighted by atomic mass is 35.5. The number of nitrogens with zero attached hydrogens (tertiary/aromatic N) is 4. The smallest absolute Gasteiger partial charge is 0.271 e. The van der Waals surface area contributed by atoms with Crippen LogP contribution in [0, 0.1) is 0 Å². The zero-order chi connectivity index (χ0) is 25.7. The zero-order valence-corrected chi connectivity index (χ0v) is 20.3. The van der Waals surface area contributed by atoms with Gasteiger partial charge < -0.3 is 15.7 Å². The van der Waals surface area contributed by atoms with Crippen molar-refractivity contribution in [2.45, 2.75) is 0 Å². The number of halogens is 2. The SMILES string of the molecule is C=Nc1ccc(Cl)c(-c2ccc(Cl)c(C(=O)Nc3cc(C(=O)NCCO)nn3-c3ccccc3)c2)n1. The van der Waals surface area contributed by atoms with Gasteiger partial charge in [0.05, 0.1) is 33.6 Å². The van der Waals surface area contributed by atoms with Crippen molar-refractivity contribution < 1.29 is 14.7 Å². The van der Waals surface area contributed by atoms with E-state index in [9.17, 15) is 9.59 Å². The fourth-order valence-corrected chi connectivity index (χ4v) is 3.78. The summed E-state index contributed by atoms with van der Waals surface area (Å²) in [6.07, 6.45) is 0. The minimum absolute atomic E-state index is 0.0622. The minimum Gasteiger partial charge on any atom is -0.395 e. The fourth-order valence-electron chi connectivity index (χ4n) is 3.36. The molecule has 0 saturated heterocycles. The fraction of sp³-hybridized carbons (Fsp3) is 0.0800. The van der Waals surface area contributed by atoms with Gasteiger partial charge >= 0.3 is 0 Å². The molecule has 182 valence electrons. The number of anilines is 1. The van der Waals surface area contributed by atoms with Crippen LogP contribution < -0.4 is 10.6 Å². The van der Waals surface area contributed by atoms with Gasteiger partial charge in [-0.05, 0) is 43.1 Å². The Morgan fingerprint density at radius 1 is 1.00 bits per heavy atom. The molecule has 0 aliphatic carbocycles. The Kier molecular flexibility index (Phi) is 7.74. The van der Waals surface area contributed by atoms with Crippen molar-refractivity contribution in [1.82, 2.24) is 20.1 Å². The second-order valence-corrected chi connectivity index (χ2v) is 8.26. The lowest BCUT2D eigenvalue weighted by Crippen LogP contribution is -2.26. The first-order chi connectivity index (χ1) is 17.4. The Bertz CT molecular complexity index is 1440. The summed E-state index contributed by atoms with van der Waals surface area (Å²) in [6, 6.07) is 18.5. The van der Waals surface area contributed by atoms with Gasteiger partial charge in [0.2, 0.25) is 0 Å². The van der Waals surface area contributed by atoms with Gasteiger partial charge in [-0.1, -0.05) is 47.5 Å². The molecule has 0 radical (unpaired) electrons. The number of aliphatic hydroxyl groups excluding tert-OH is 1. The van der Waals surface area contributed by atoms with E-state index in [0.29, 0.717) is 27.8 Å². The summed E-state index contributed by atoms with van der Waals surface area (Å²) in [4.78, 5) is 33.9. The maximum Gasteiger partial charge on any atom is 0.271 e. The van der Waals surface area contributed by atoms with Gasteiger partial charge in [0, 0.05) is 18.2 Å². The molecule has 2 heterocycles. The lowest BCUT2D eigenvalue weighted by molar-refractivity contribution is 0.0938. The van der Waals surface area contributed by atoms with E-state index in [-0.39, 0.29) is 35.2 Å².